The number of methoxy groups -OCH3 is 1. The fourth-order valence-electron chi connectivity index (χ4n) is 8.20. The quantitative estimate of drug-likeness (QED) is 0.192. The van der Waals surface area contributed by atoms with Crippen LogP contribution in [0.4, 0.5) is 18.9 Å². The van der Waals surface area contributed by atoms with Crippen molar-refractivity contribution < 1.29 is 37.1 Å². The summed E-state index contributed by atoms with van der Waals surface area (Å²) in [5.74, 6) is -1.89. The lowest BCUT2D eigenvalue weighted by Crippen LogP contribution is -2.59. The zero-order valence-electron chi connectivity index (χ0n) is 31.7. The molecule has 13 heteroatoms. The van der Waals surface area contributed by atoms with Crippen molar-refractivity contribution in [2.45, 2.75) is 100 Å². The summed E-state index contributed by atoms with van der Waals surface area (Å²) in [4.78, 5) is 58.9. The summed E-state index contributed by atoms with van der Waals surface area (Å²) in [7, 11) is 1.56. The van der Waals surface area contributed by atoms with E-state index >= 15 is 0 Å². The van der Waals surface area contributed by atoms with E-state index in [1.54, 1.807) is 18.1 Å². The van der Waals surface area contributed by atoms with Crippen molar-refractivity contribution in [1.29, 1.82) is 0 Å². The Morgan fingerprint density at radius 2 is 1.32 bits per heavy atom. The van der Waals surface area contributed by atoms with Crippen molar-refractivity contribution in [3.63, 3.8) is 0 Å². The molecule has 3 heterocycles. The highest BCUT2D eigenvalue weighted by molar-refractivity contribution is 7.99. The minimum absolute atomic E-state index is 0.153. The van der Waals surface area contributed by atoms with Crippen molar-refractivity contribution >= 4 is 41.1 Å². The van der Waals surface area contributed by atoms with Crippen molar-refractivity contribution in [3.05, 3.63) is 96.1 Å². The van der Waals surface area contributed by atoms with E-state index in [0.717, 1.165) is 28.9 Å². The first-order valence-electron chi connectivity index (χ1n) is 19.7. The second-order valence-electron chi connectivity index (χ2n) is 15.0. The van der Waals surface area contributed by atoms with Gasteiger partial charge in [0, 0.05) is 18.4 Å². The predicted molar refractivity (Wildman–Crippen MR) is 211 cm³/mol. The van der Waals surface area contributed by atoms with Gasteiger partial charge in [0.15, 0.2) is 0 Å². The number of rotatable bonds is 13. The molecule has 0 saturated carbocycles. The normalized spacial score (nSPS) is 22.9. The van der Waals surface area contributed by atoms with Gasteiger partial charge in [-0.1, -0.05) is 72.8 Å². The van der Waals surface area contributed by atoms with Gasteiger partial charge in [0.2, 0.25) is 23.6 Å². The average molecular weight is 793 g/mol. The topological polar surface area (TPSA) is 108 Å². The lowest BCUT2D eigenvalue weighted by Gasteiger charge is -2.42. The third-order valence-electron chi connectivity index (χ3n) is 11.2. The Balaban J connectivity index is 1.21. The molecule has 1 unspecified atom stereocenters. The Bertz CT molecular complexity index is 1800. The number of fused-ring (bicyclic) bond motifs is 1. The first-order chi connectivity index (χ1) is 27.0. The number of piperidine rings is 1. The Kier molecular flexibility index (Phi) is 14.0. The van der Waals surface area contributed by atoms with Crippen LogP contribution in [0.3, 0.4) is 0 Å². The zero-order chi connectivity index (χ0) is 39.7. The van der Waals surface area contributed by atoms with Crippen LogP contribution in [0.15, 0.2) is 84.9 Å². The van der Waals surface area contributed by atoms with Gasteiger partial charge in [-0.3, -0.25) is 19.2 Å². The summed E-state index contributed by atoms with van der Waals surface area (Å²) < 4.78 is 48.0. The van der Waals surface area contributed by atoms with Crippen LogP contribution >= 0.6 is 11.8 Å². The molecular weight excluding hydrogens is 742 g/mol. The fraction of sp³-hybridized carbons (Fsp3) is 0.488. The van der Waals surface area contributed by atoms with Gasteiger partial charge >= 0.3 is 6.18 Å². The number of ether oxygens (including phenoxy) is 1. The molecule has 0 radical (unpaired) electrons. The van der Waals surface area contributed by atoms with E-state index in [0.29, 0.717) is 62.3 Å². The smallest absolute Gasteiger partial charge is 0.408 e. The largest absolute Gasteiger partial charge is 0.495 e. The summed E-state index contributed by atoms with van der Waals surface area (Å²) in [5.41, 5.74) is 2.46. The number of thioether (sulfide) groups is 1. The molecule has 56 heavy (non-hydrogen) atoms. The molecule has 0 aliphatic carbocycles. The Morgan fingerprint density at radius 1 is 0.750 bits per heavy atom. The van der Waals surface area contributed by atoms with E-state index in [1.807, 2.05) is 78.9 Å². The lowest BCUT2D eigenvalue weighted by atomic mass is 9.86. The first kappa shape index (κ1) is 41.1. The first-order valence-corrected chi connectivity index (χ1v) is 20.7. The second kappa shape index (κ2) is 19.1. The number of para-hydroxylation sites is 2. The highest BCUT2D eigenvalue weighted by Gasteiger charge is 2.51. The number of benzene rings is 3. The lowest BCUT2D eigenvalue weighted by molar-refractivity contribution is -0.198. The molecule has 300 valence electrons. The van der Waals surface area contributed by atoms with Crippen LogP contribution in [0.2, 0.25) is 0 Å². The van der Waals surface area contributed by atoms with E-state index in [9.17, 15) is 32.3 Å². The molecule has 2 N–H and O–H groups in total. The zero-order valence-corrected chi connectivity index (χ0v) is 32.5. The second-order valence-corrected chi connectivity index (χ2v) is 16.3. The van der Waals surface area contributed by atoms with Crippen molar-refractivity contribution in [3.8, 4) is 5.75 Å². The maximum atomic E-state index is 14.3. The van der Waals surface area contributed by atoms with Gasteiger partial charge in [-0.2, -0.15) is 13.2 Å². The van der Waals surface area contributed by atoms with Gasteiger partial charge in [-0.05, 0) is 99.6 Å². The molecule has 0 spiro atoms. The molecule has 0 bridgehead atoms. The molecule has 3 aromatic carbocycles. The molecule has 6 atom stereocenters. The number of hydrogen-bond acceptors (Lipinski definition) is 6. The molecule has 3 aliphatic heterocycles. The summed E-state index contributed by atoms with van der Waals surface area (Å²) in [6.45, 7) is 0.493. The molecule has 4 amide bonds. The monoisotopic (exact) mass is 792 g/mol. The van der Waals surface area contributed by atoms with Crippen LogP contribution in [0.5, 0.6) is 5.75 Å². The molecule has 0 aromatic heterocycles. The van der Waals surface area contributed by atoms with Crippen LogP contribution in [0, 0.1) is 11.8 Å². The third kappa shape index (κ3) is 10.3. The van der Waals surface area contributed by atoms with E-state index in [1.165, 1.54) is 11.8 Å². The van der Waals surface area contributed by atoms with Crippen molar-refractivity contribution in [2.24, 2.45) is 11.8 Å². The maximum absolute atomic E-state index is 14.3. The molecule has 9 nitrogen and oxygen atoms in total. The van der Waals surface area contributed by atoms with Crippen LogP contribution in [0.1, 0.15) is 68.9 Å². The minimum Gasteiger partial charge on any atom is -0.495 e. The van der Waals surface area contributed by atoms with Crippen LogP contribution in [0.25, 0.3) is 0 Å². The van der Waals surface area contributed by atoms with Gasteiger partial charge < -0.3 is 25.2 Å². The summed E-state index contributed by atoms with van der Waals surface area (Å²) in [5, 5.41) is 5.37. The number of nitrogens with zero attached hydrogens (tertiary/aromatic N) is 2. The van der Waals surface area contributed by atoms with Gasteiger partial charge in [-0.15, -0.1) is 11.8 Å². The van der Waals surface area contributed by atoms with Crippen LogP contribution in [-0.2, 0) is 32.0 Å². The molecule has 3 saturated heterocycles. The van der Waals surface area contributed by atoms with Gasteiger partial charge in [0.25, 0.3) is 0 Å². The number of anilines is 1. The molecule has 6 rings (SSSR count). The van der Waals surface area contributed by atoms with Gasteiger partial charge in [0.05, 0.1) is 18.2 Å². The molecular formula is C43H51F3N4O5S. The van der Waals surface area contributed by atoms with Gasteiger partial charge in [-0.25, -0.2) is 0 Å². The van der Waals surface area contributed by atoms with E-state index in [4.69, 9.17) is 4.74 Å². The molecule has 3 aliphatic rings. The standard InChI is InChI=1S/C43H51F3N4O5S/c1-55-36-19-9-8-18-35(36)49-25-11-10-17-33(41(49)53)47-39(51)31(27-29-13-4-2-5-14-29)22-23-32(28-30-15-6-3-7-16-30)40(52)48-34-24-26-56-38-21-12-20-37(43(44,45)46)50(38)42(34)54/h2-9,13-16,18-19,31-34,37-38H,10-12,17,20-28H2,1H3,(H,47,51)(H,48,52)/t31-,32-,33?,34+,37+,38+/m1/s1. The Hall–Kier alpha value is -4.52. The van der Waals surface area contributed by atoms with E-state index < -0.39 is 53.3 Å². The number of halogens is 3. The number of carbonyl (C=O) groups is 4. The number of amides is 4. The Labute approximate surface area is 331 Å². The van der Waals surface area contributed by atoms with Crippen molar-refractivity contribution in [2.75, 3.05) is 24.3 Å². The number of carbonyl (C=O) groups excluding carboxylic acids is 4. The van der Waals surface area contributed by atoms with Crippen LogP contribution < -0.4 is 20.3 Å². The van der Waals surface area contributed by atoms with E-state index in [-0.39, 0.29) is 31.1 Å². The van der Waals surface area contributed by atoms with Crippen molar-refractivity contribution in [1.82, 2.24) is 15.5 Å². The summed E-state index contributed by atoms with van der Waals surface area (Å²) in [6, 6.07) is 22.6. The SMILES string of the molecule is COc1ccccc1N1CCCCC(NC(=O)[C@H](CC[C@H](Cc2ccccc2)C(=O)N[C@H]2CCS[C@H]3CCC[C@@H](C(F)(F)F)N3C2=O)Cc2ccccc2)C1=O. The number of hydrogen-bond donors (Lipinski definition) is 2. The fourth-order valence-corrected chi connectivity index (χ4v) is 9.59. The third-order valence-corrected chi connectivity index (χ3v) is 12.5. The van der Waals surface area contributed by atoms with Crippen LogP contribution in [-0.4, -0.2) is 77.6 Å². The average Bonchev–Trinajstić information content (AvgIpc) is 3.48. The summed E-state index contributed by atoms with van der Waals surface area (Å²) >= 11 is 1.34. The van der Waals surface area contributed by atoms with E-state index in [2.05, 4.69) is 10.6 Å². The minimum atomic E-state index is -4.56. The van der Waals surface area contributed by atoms with Gasteiger partial charge in [0.1, 0.15) is 23.9 Å². The number of nitrogens with one attached hydrogen (secondary N) is 2. The highest BCUT2D eigenvalue weighted by Crippen LogP contribution is 2.40. The molecule has 3 fully saturated rings. The molecule has 3 aromatic rings. The number of alkyl halides is 3. The Morgan fingerprint density at radius 3 is 1.91 bits per heavy atom. The maximum Gasteiger partial charge on any atom is 0.408 e. The summed E-state index contributed by atoms with van der Waals surface area (Å²) in [6.07, 6.45) is -0.393. The highest BCUT2D eigenvalue weighted by atomic mass is 32.2. The predicted octanol–water partition coefficient (Wildman–Crippen LogP) is 7.09.